The minimum Gasteiger partial charge on any atom is -0.480 e. The van der Waals surface area contributed by atoms with E-state index in [1.54, 1.807) is 24.3 Å². The highest BCUT2D eigenvalue weighted by atomic mass is 16.4. The second kappa shape index (κ2) is 4.81. The van der Waals surface area contributed by atoms with E-state index in [4.69, 9.17) is 16.2 Å². The number of aliphatic carboxylic acids is 1. The van der Waals surface area contributed by atoms with Crippen LogP contribution in [0.2, 0.25) is 0 Å². The van der Waals surface area contributed by atoms with Crippen LogP contribution in [0.15, 0.2) is 35.3 Å². The van der Waals surface area contributed by atoms with Crippen LogP contribution in [0, 0.1) is 5.41 Å². The molecule has 98 valence electrons. The number of nitrogens with one attached hydrogen (secondary N) is 2. The standard InChI is InChI=1S/C12H12N4O3/c13-11(14)8-3-1-7(2-4-8)9-5-15-12(19)16(9)6-10(17)18/h1-5H,6H2,(H3,13,14)(H,15,19)(H,17,18). The van der Waals surface area contributed by atoms with Crippen molar-refractivity contribution >= 4 is 11.8 Å². The highest BCUT2D eigenvalue weighted by Gasteiger charge is 2.11. The van der Waals surface area contributed by atoms with Crippen molar-refractivity contribution in [3.05, 3.63) is 46.5 Å². The Morgan fingerprint density at radius 2 is 2.00 bits per heavy atom. The predicted octanol–water partition coefficient (Wildman–Crippen LogP) is 0.212. The van der Waals surface area contributed by atoms with Gasteiger partial charge in [0.1, 0.15) is 12.4 Å². The Kier molecular flexibility index (Phi) is 3.19. The summed E-state index contributed by atoms with van der Waals surface area (Å²) in [6.07, 6.45) is 1.45. The number of nitrogen functional groups attached to an aromatic ring is 1. The molecule has 0 spiro atoms. The van der Waals surface area contributed by atoms with E-state index in [0.29, 0.717) is 16.8 Å². The van der Waals surface area contributed by atoms with Crippen molar-refractivity contribution in [3.63, 3.8) is 0 Å². The van der Waals surface area contributed by atoms with Gasteiger partial charge in [0.15, 0.2) is 0 Å². The third-order valence-corrected chi connectivity index (χ3v) is 2.65. The van der Waals surface area contributed by atoms with Crippen molar-refractivity contribution in [1.29, 1.82) is 5.41 Å². The lowest BCUT2D eigenvalue weighted by atomic mass is 10.1. The Bertz CT molecular complexity index is 682. The fraction of sp³-hybridized carbons (Fsp3) is 0.0833. The Balaban J connectivity index is 2.44. The van der Waals surface area contributed by atoms with E-state index in [1.807, 2.05) is 0 Å². The number of nitrogens with zero attached hydrogens (tertiary/aromatic N) is 1. The van der Waals surface area contributed by atoms with Crippen LogP contribution in [0.1, 0.15) is 5.56 Å². The molecule has 0 saturated heterocycles. The molecule has 7 nitrogen and oxygen atoms in total. The van der Waals surface area contributed by atoms with Gasteiger partial charge in [0, 0.05) is 11.8 Å². The molecule has 0 aliphatic heterocycles. The Morgan fingerprint density at radius 3 is 2.53 bits per heavy atom. The van der Waals surface area contributed by atoms with Gasteiger partial charge in [-0.1, -0.05) is 24.3 Å². The van der Waals surface area contributed by atoms with Crippen molar-refractivity contribution in [2.24, 2.45) is 5.73 Å². The summed E-state index contributed by atoms with van der Waals surface area (Å²) in [6, 6.07) is 6.63. The molecular weight excluding hydrogens is 248 g/mol. The predicted molar refractivity (Wildman–Crippen MR) is 69.1 cm³/mol. The van der Waals surface area contributed by atoms with Crippen LogP contribution in [-0.2, 0) is 11.3 Å². The smallest absolute Gasteiger partial charge is 0.326 e. The number of hydrogen-bond donors (Lipinski definition) is 4. The lowest BCUT2D eigenvalue weighted by Crippen LogP contribution is -2.22. The number of H-pyrrole nitrogens is 1. The van der Waals surface area contributed by atoms with E-state index in [0.717, 1.165) is 4.57 Å². The minimum atomic E-state index is -1.09. The molecule has 1 aromatic heterocycles. The van der Waals surface area contributed by atoms with Crippen LogP contribution >= 0.6 is 0 Å². The lowest BCUT2D eigenvalue weighted by Gasteiger charge is -2.05. The molecule has 0 saturated carbocycles. The van der Waals surface area contributed by atoms with Gasteiger partial charge < -0.3 is 15.8 Å². The summed E-state index contributed by atoms with van der Waals surface area (Å²) in [5.41, 5.74) is 6.57. The van der Waals surface area contributed by atoms with E-state index in [-0.39, 0.29) is 5.84 Å². The summed E-state index contributed by atoms with van der Waals surface area (Å²) in [5, 5.41) is 16.1. The first-order chi connectivity index (χ1) is 8.99. The molecule has 0 radical (unpaired) electrons. The molecule has 0 unspecified atom stereocenters. The van der Waals surface area contributed by atoms with E-state index < -0.39 is 18.2 Å². The molecule has 0 bridgehead atoms. The molecule has 0 amide bonds. The van der Waals surface area contributed by atoms with Crippen LogP contribution in [0.3, 0.4) is 0 Å². The second-order valence-corrected chi connectivity index (χ2v) is 3.95. The summed E-state index contributed by atoms with van der Waals surface area (Å²) in [5.74, 6) is -1.15. The summed E-state index contributed by atoms with van der Waals surface area (Å²) in [4.78, 5) is 24.7. The minimum absolute atomic E-state index is 0.0523. The molecule has 1 heterocycles. The van der Waals surface area contributed by atoms with Crippen LogP contribution in [0.4, 0.5) is 0 Å². The quantitative estimate of drug-likeness (QED) is 0.463. The van der Waals surface area contributed by atoms with E-state index >= 15 is 0 Å². The van der Waals surface area contributed by atoms with E-state index in [2.05, 4.69) is 4.98 Å². The number of benzene rings is 1. The lowest BCUT2D eigenvalue weighted by molar-refractivity contribution is -0.137. The normalized spacial score (nSPS) is 10.3. The van der Waals surface area contributed by atoms with Crippen LogP contribution in [-0.4, -0.2) is 26.5 Å². The van der Waals surface area contributed by atoms with Gasteiger partial charge in [-0.2, -0.15) is 0 Å². The summed E-state index contributed by atoms with van der Waals surface area (Å²) in [6.45, 7) is -0.411. The number of amidine groups is 1. The molecule has 0 aliphatic rings. The van der Waals surface area contributed by atoms with Gasteiger partial charge in [0.25, 0.3) is 0 Å². The molecule has 0 fully saturated rings. The van der Waals surface area contributed by atoms with Gasteiger partial charge in [-0.3, -0.25) is 14.8 Å². The largest absolute Gasteiger partial charge is 0.480 e. The molecule has 0 atom stereocenters. The SMILES string of the molecule is N=C(N)c1ccc(-c2c[nH]c(=O)n2CC(=O)O)cc1. The number of carboxylic acid groups (broad SMARTS) is 1. The van der Waals surface area contributed by atoms with Crippen molar-refractivity contribution in [2.75, 3.05) is 0 Å². The number of carboxylic acids is 1. The van der Waals surface area contributed by atoms with Crippen molar-refractivity contribution in [3.8, 4) is 11.3 Å². The molecule has 2 aromatic rings. The monoisotopic (exact) mass is 260 g/mol. The number of hydrogen-bond acceptors (Lipinski definition) is 3. The van der Waals surface area contributed by atoms with Crippen LogP contribution in [0.5, 0.6) is 0 Å². The maximum atomic E-state index is 11.5. The highest BCUT2D eigenvalue weighted by molar-refractivity contribution is 5.95. The number of carbonyl (C=O) groups is 1. The van der Waals surface area contributed by atoms with E-state index in [1.165, 1.54) is 6.20 Å². The Hall–Kier alpha value is -2.83. The zero-order chi connectivity index (χ0) is 14.0. The third kappa shape index (κ3) is 2.54. The van der Waals surface area contributed by atoms with Gasteiger partial charge in [-0.25, -0.2) is 4.79 Å². The number of rotatable bonds is 4. The Labute approximate surface area is 107 Å². The molecule has 19 heavy (non-hydrogen) atoms. The topological polar surface area (TPSA) is 125 Å². The number of imidazole rings is 1. The maximum absolute atomic E-state index is 11.5. The molecule has 5 N–H and O–H groups in total. The Morgan fingerprint density at radius 1 is 1.37 bits per heavy atom. The average Bonchev–Trinajstić information content (AvgIpc) is 2.71. The number of nitrogens with two attached hydrogens (primary N) is 1. The first-order valence-electron chi connectivity index (χ1n) is 5.44. The molecule has 7 heteroatoms. The molecule has 1 aromatic carbocycles. The third-order valence-electron chi connectivity index (χ3n) is 2.65. The van der Waals surface area contributed by atoms with Gasteiger partial charge >= 0.3 is 11.7 Å². The van der Waals surface area contributed by atoms with Gasteiger partial charge in [0.05, 0.1) is 5.69 Å². The summed E-state index contributed by atoms with van der Waals surface area (Å²) >= 11 is 0. The zero-order valence-electron chi connectivity index (χ0n) is 9.88. The summed E-state index contributed by atoms with van der Waals surface area (Å²) < 4.78 is 1.13. The first-order valence-corrected chi connectivity index (χ1v) is 5.44. The van der Waals surface area contributed by atoms with Gasteiger partial charge in [-0.15, -0.1) is 0 Å². The van der Waals surface area contributed by atoms with Crippen molar-refractivity contribution < 1.29 is 9.90 Å². The molecule has 2 rings (SSSR count). The van der Waals surface area contributed by atoms with Crippen LogP contribution < -0.4 is 11.4 Å². The van der Waals surface area contributed by atoms with Crippen LogP contribution in [0.25, 0.3) is 11.3 Å². The fourth-order valence-corrected chi connectivity index (χ4v) is 1.75. The zero-order valence-corrected chi connectivity index (χ0v) is 9.88. The second-order valence-electron chi connectivity index (χ2n) is 3.95. The average molecular weight is 260 g/mol. The molecular formula is C12H12N4O3. The molecule has 0 aliphatic carbocycles. The summed E-state index contributed by atoms with van der Waals surface area (Å²) in [7, 11) is 0. The maximum Gasteiger partial charge on any atom is 0.326 e. The van der Waals surface area contributed by atoms with Crippen molar-refractivity contribution in [1.82, 2.24) is 9.55 Å². The van der Waals surface area contributed by atoms with Crippen molar-refractivity contribution in [2.45, 2.75) is 6.54 Å². The highest BCUT2D eigenvalue weighted by Crippen LogP contribution is 2.18. The van der Waals surface area contributed by atoms with E-state index in [9.17, 15) is 9.59 Å². The first kappa shape index (κ1) is 12.6. The fourth-order valence-electron chi connectivity index (χ4n) is 1.75. The number of aromatic nitrogens is 2. The van der Waals surface area contributed by atoms with Gasteiger partial charge in [-0.05, 0) is 5.56 Å². The number of aromatic amines is 1. The van der Waals surface area contributed by atoms with Gasteiger partial charge in [0.2, 0.25) is 0 Å².